The van der Waals surface area contributed by atoms with Crippen LogP contribution < -0.4 is 15.4 Å². The van der Waals surface area contributed by atoms with Gasteiger partial charge in [0.15, 0.2) is 0 Å². The first kappa shape index (κ1) is 23.3. The van der Waals surface area contributed by atoms with E-state index >= 15 is 0 Å². The number of nitrogens with zero attached hydrogens (tertiary/aromatic N) is 2. The van der Waals surface area contributed by atoms with Gasteiger partial charge in [0.1, 0.15) is 23.3 Å². The highest BCUT2D eigenvalue weighted by Gasteiger charge is 2.29. The molecule has 2 rings (SSSR count). The lowest BCUT2D eigenvalue weighted by atomic mass is 9.77. The molecule has 0 saturated heterocycles. The van der Waals surface area contributed by atoms with Crippen LogP contribution in [0.4, 0.5) is 0 Å². The van der Waals surface area contributed by atoms with Crippen LogP contribution in [0.2, 0.25) is 0 Å². The number of rotatable bonds is 11. The van der Waals surface area contributed by atoms with Gasteiger partial charge in [-0.1, -0.05) is 18.2 Å². The molecule has 11 heteroatoms. The van der Waals surface area contributed by atoms with Crippen LogP contribution >= 0.6 is 0 Å². The third-order valence-corrected chi connectivity index (χ3v) is 4.09. The number of hydrogen-bond donors (Lipinski definition) is 4. The summed E-state index contributed by atoms with van der Waals surface area (Å²) in [4.78, 5) is 32.9. The van der Waals surface area contributed by atoms with E-state index in [-0.39, 0.29) is 25.3 Å². The predicted molar refractivity (Wildman–Crippen MR) is 109 cm³/mol. The number of amides is 2. The molecule has 30 heavy (non-hydrogen) atoms. The zero-order valence-electron chi connectivity index (χ0n) is 16.8. The van der Waals surface area contributed by atoms with Crippen molar-refractivity contribution in [3.63, 3.8) is 0 Å². The molecule has 0 spiro atoms. The highest BCUT2D eigenvalue weighted by molar-refractivity contribution is 6.43. The van der Waals surface area contributed by atoms with E-state index in [1.54, 1.807) is 19.1 Å². The fourth-order valence-corrected chi connectivity index (χ4v) is 2.56. The number of benzene rings is 1. The second-order valence-electron chi connectivity index (χ2n) is 6.45. The van der Waals surface area contributed by atoms with Crippen LogP contribution in [0.1, 0.15) is 22.7 Å². The molecule has 0 fully saturated rings. The van der Waals surface area contributed by atoms with Crippen LogP contribution in [0.25, 0.3) is 0 Å². The first-order valence-corrected chi connectivity index (χ1v) is 9.34. The summed E-state index contributed by atoms with van der Waals surface area (Å²) in [6, 6.07) is 9.36. The molecule has 1 aromatic heterocycles. The Morgan fingerprint density at radius 2 is 1.90 bits per heavy atom. The molecule has 0 aliphatic rings. The fraction of sp³-hybridized carbons (Fsp3) is 0.368. The molecule has 2 amide bonds. The molecule has 1 aromatic carbocycles. The molecule has 2 aromatic rings. The third kappa shape index (κ3) is 7.43. The van der Waals surface area contributed by atoms with Gasteiger partial charge in [-0.05, 0) is 25.1 Å². The quantitative estimate of drug-likeness (QED) is 0.359. The molecule has 10 nitrogen and oxygen atoms in total. The lowest BCUT2D eigenvalue weighted by Gasteiger charge is -2.22. The van der Waals surface area contributed by atoms with Gasteiger partial charge in [0, 0.05) is 19.7 Å². The molecule has 2 atom stereocenters. The molecule has 2 unspecified atom stereocenters. The van der Waals surface area contributed by atoms with Crippen LogP contribution in [0, 0.1) is 6.92 Å². The van der Waals surface area contributed by atoms with Crippen LogP contribution in [0.5, 0.6) is 5.75 Å². The third-order valence-electron chi connectivity index (χ3n) is 4.09. The maximum atomic E-state index is 12.6. The number of carbonyl (C=O) groups excluding carboxylic acids is 2. The van der Waals surface area contributed by atoms with Crippen molar-refractivity contribution in [2.45, 2.75) is 25.3 Å². The molecule has 4 N–H and O–H groups in total. The maximum absolute atomic E-state index is 12.6. The molecule has 0 bridgehead atoms. The van der Waals surface area contributed by atoms with E-state index in [0.717, 1.165) is 0 Å². The summed E-state index contributed by atoms with van der Waals surface area (Å²) in [7, 11) is -0.426. The van der Waals surface area contributed by atoms with Gasteiger partial charge in [-0.3, -0.25) is 9.59 Å². The number of methoxy groups -OCH3 is 1. The van der Waals surface area contributed by atoms with E-state index in [1.165, 1.54) is 19.4 Å². The number of nitrogens with one attached hydrogen (secondary N) is 2. The summed E-state index contributed by atoms with van der Waals surface area (Å²) in [6.45, 7) is 1.67. The molecule has 0 aliphatic heterocycles. The van der Waals surface area contributed by atoms with E-state index in [2.05, 4.69) is 20.6 Å². The average molecular weight is 416 g/mol. The standard InChI is InChI=1S/C19H25BN4O6/c1-13-21-10-8-15(22-13)18(25)23-16(12-29-2)19(26)24-17(20(27)28)9-11-30-14-6-4-3-5-7-14/h3-8,10,16-17,27-28H,9,11-12H2,1-2H3,(H,23,25)(H,24,26). The predicted octanol–water partition coefficient (Wildman–Crippen LogP) is -0.504. The summed E-state index contributed by atoms with van der Waals surface area (Å²) in [5.41, 5.74) is 0.103. The first-order chi connectivity index (χ1) is 14.4. The molecule has 0 radical (unpaired) electrons. The highest BCUT2D eigenvalue weighted by atomic mass is 16.5. The van der Waals surface area contributed by atoms with Crippen molar-refractivity contribution in [2.75, 3.05) is 20.3 Å². The summed E-state index contributed by atoms with van der Waals surface area (Å²) in [5, 5.41) is 24.3. The number of aromatic nitrogens is 2. The van der Waals surface area contributed by atoms with Crippen LogP contribution in [0.3, 0.4) is 0 Å². The topological polar surface area (TPSA) is 143 Å². The smallest absolute Gasteiger partial charge is 0.475 e. The van der Waals surface area contributed by atoms with Crippen molar-refractivity contribution in [3.8, 4) is 5.75 Å². The Hall–Kier alpha value is -3.02. The van der Waals surface area contributed by atoms with Gasteiger partial charge in [-0.25, -0.2) is 9.97 Å². The van der Waals surface area contributed by atoms with Crippen molar-refractivity contribution in [2.24, 2.45) is 0 Å². The minimum Gasteiger partial charge on any atom is -0.494 e. The molecular formula is C19H25BN4O6. The molecule has 0 aliphatic carbocycles. The van der Waals surface area contributed by atoms with E-state index in [0.29, 0.717) is 11.6 Å². The van der Waals surface area contributed by atoms with Gasteiger partial charge < -0.3 is 30.2 Å². The van der Waals surface area contributed by atoms with Gasteiger partial charge in [0.05, 0.1) is 19.2 Å². The number of hydrogen-bond acceptors (Lipinski definition) is 8. The summed E-state index contributed by atoms with van der Waals surface area (Å²) in [5.74, 6) is -1.17. The normalized spacial score (nSPS) is 12.5. The average Bonchev–Trinajstić information content (AvgIpc) is 2.73. The number of para-hydroxylation sites is 1. The lowest BCUT2D eigenvalue weighted by Crippen LogP contribution is -2.55. The zero-order chi connectivity index (χ0) is 21.9. The number of aryl methyl sites for hydroxylation is 1. The Bertz CT molecular complexity index is 824. The van der Waals surface area contributed by atoms with E-state index in [9.17, 15) is 19.6 Å². The van der Waals surface area contributed by atoms with E-state index in [4.69, 9.17) is 9.47 Å². The SMILES string of the molecule is COCC(NC(=O)c1ccnc(C)n1)C(=O)NC(CCOc1ccccc1)B(O)O. The van der Waals surface area contributed by atoms with Crippen molar-refractivity contribution < 1.29 is 29.1 Å². The van der Waals surface area contributed by atoms with Gasteiger partial charge in [0.2, 0.25) is 5.91 Å². The molecular weight excluding hydrogens is 391 g/mol. The van der Waals surface area contributed by atoms with Gasteiger partial charge in [-0.15, -0.1) is 0 Å². The van der Waals surface area contributed by atoms with Gasteiger partial charge >= 0.3 is 7.12 Å². The Morgan fingerprint density at radius 1 is 1.17 bits per heavy atom. The van der Waals surface area contributed by atoms with Crippen molar-refractivity contribution in [1.29, 1.82) is 0 Å². The Balaban J connectivity index is 1.95. The Labute approximate surface area is 174 Å². The lowest BCUT2D eigenvalue weighted by molar-refractivity contribution is -0.124. The van der Waals surface area contributed by atoms with Crippen LogP contribution in [-0.2, 0) is 9.53 Å². The zero-order valence-corrected chi connectivity index (χ0v) is 16.8. The summed E-state index contributed by atoms with van der Waals surface area (Å²) < 4.78 is 10.5. The minimum absolute atomic E-state index is 0.103. The molecule has 0 saturated carbocycles. The number of carbonyl (C=O) groups is 2. The fourth-order valence-electron chi connectivity index (χ4n) is 2.56. The van der Waals surface area contributed by atoms with Crippen LogP contribution in [-0.4, -0.2) is 71.3 Å². The first-order valence-electron chi connectivity index (χ1n) is 9.34. The van der Waals surface area contributed by atoms with Gasteiger partial charge in [-0.2, -0.15) is 0 Å². The molecule has 160 valence electrons. The summed E-state index contributed by atoms with van der Waals surface area (Å²) in [6.07, 6.45) is 1.57. The second kappa shape index (κ2) is 11.9. The second-order valence-corrected chi connectivity index (χ2v) is 6.45. The minimum atomic E-state index is -1.81. The van der Waals surface area contributed by atoms with Gasteiger partial charge in [0.25, 0.3) is 5.91 Å². The van der Waals surface area contributed by atoms with Crippen molar-refractivity contribution in [1.82, 2.24) is 20.6 Å². The Kier molecular flexibility index (Phi) is 9.20. The monoisotopic (exact) mass is 416 g/mol. The summed E-state index contributed by atoms with van der Waals surface area (Å²) >= 11 is 0. The van der Waals surface area contributed by atoms with Crippen molar-refractivity contribution >= 4 is 18.9 Å². The van der Waals surface area contributed by atoms with E-state index < -0.39 is 30.9 Å². The largest absolute Gasteiger partial charge is 0.494 e. The van der Waals surface area contributed by atoms with E-state index in [1.807, 2.05) is 18.2 Å². The Morgan fingerprint density at radius 3 is 2.53 bits per heavy atom. The number of ether oxygens (including phenoxy) is 2. The molecule has 1 heterocycles. The highest BCUT2D eigenvalue weighted by Crippen LogP contribution is 2.09. The van der Waals surface area contributed by atoms with Crippen LogP contribution in [0.15, 0.2) is 42.6 Å². The van der Waals surface area contributed by atoms with Crippen molar-refractivity contribution in [3.05, 3.63) is 54.1 Å². The maximum Gasteiger partial charge on any atom is 0.475 e.